The van der Waals surface area contributed by atoms with Crippen LogP contribution in [0.5, 0.6) is 0 Å². The molecule has 9 unspecified atom stereocenters. The molecule has 0 saturated carbocycles. The molecule has 0 radical (unpaired) electrons. The first-order valence-electron chi connectivity index (χ1n) is 16.6. The second-order valence-electron chi connectivity index (χ2n) is 15.9. The number of rotatable bonds is 12. The monoisotopic (exact) mass is 808 g/mol. The van der Waals surface area contributed by atoms with Gasteiger partial charge in [0.2, 0.25) is 5.69 Å². The van der Waals surface area contributed by atoms with Crippen molar-refractivity contribution in [2.45, 2.75) is 127 Å². The fourth-order valence-corrected chi connectivity index (χ4v) is 9.70. The zero-order valence-electron chi connectivity index (χ0n) is 30.7. The van der Waals surface area contributed by atoms with Crippen molar-refractivity contribution in [3.05, 3.63) is 45.5 Å². The van der Waals surface area contributed by atoms with Gasteiger partial charge < -0.3 is 49.1 Å². The minimum absolute atomic E-state index is 0.0370. The summed E-state index contributed by atoms with van der Waals surface area (Å²) in [6, 6.07) is 2.91. The van der Waals surface area contributed by atoms with Crippen molar-refractivity contribution in [2.24, 2.45) is 0 Å². The van der Waals surface area contributed by atoms with Gasteiger partial charge in [-0.1, -0.05) is 53.8 Å². The quantitative estimate of drug-likeness (QED) is 0.118. The predicted octanol–water partition coefficient (Wildman–Crippen LogP) is 3.15. The zero-order valence-corrected chi connectivity index (χ0v) is 35.4. The molecule has 0 aromatic carbocycles. The molecule has 2 saturated heterocycles. The highest BCUT2D eigenvalue weighted by Gasteiger charge is 2.54. The Bertz CT molecular complexity index is 1720. The first-order valence-corrected chi connectivity index (χ1v) is 26.2. The number of hydrogen-bond donors (Lipinski definition) is 5. The molecule has 2 aliphatic rings. The summed E-state index contributed by atoms with van der Waals surface area (Å²) in [6.45, 7) is 19.7. The molecule has 2 aromatic rings. The Morgan fingerprint density at radius 1 is 0.863 bits per heavy atom. The maximum absolute atomic E-state index is 13.0. The van der Waals surface area contributed by atoms with E-state index < -0.39 is 89.4 Å². The smallest absolute Gasteiger partial charge is 0.351 e. The molecule has 4 rings (SSSR count). The number of hydrogen-bond acceptors (Lipinski definition) is 15. The SMILES string of the molecule is CC(C)(C)[Si](C)(C)OC1C(O)C(COP(=S)(S)OC2C(CO)OC(n3ccc(N)nc3=O)C2O[Si](C)(C)C(C)(C)C)OC1n1ccc(N)nc1=O. The maximum atomic E-state index is 13.0. The highest BCUT2D eigenvalue weighted by molar-refractivity contribution is 8.60. The van der Waals surface area contributed by atoms with E-state index in [2.05, 4.69) is 63.8 Å². The lowest BCUT2D eigenvalue weighted by Gasteiger charge is -2.41. The van der Waals surface area contributed by atoms with Crippen molar-refractivity contribution >= 4 is 58.0 Å². The fraction of sp³-hybridized carbons (Fsp3) is 0.733. The molecule has 2 aliphatic heterocycles. The van der Waals surface area contributed by atoms with Crippen LogP contribution in [0.4, 0.5) is 11.6 Å². The van der Waals surface area contributed by atoms with Gasteiger partial charge in [-0.25, -0.2) is 9.59 Å². The van der Waals surface area contributed by atoms with Gasteiger partial charge in [0.15, 0.2) is 29.1 Å². The van der Waals surface area contributed by atoms with Gasteiger partial charge in [0, 0.05) is 12.4 Å². The van der Waals surface area contributed by atoms with Gasteiger partial charge in [0.1, 0.15) is 48.3 Å². The number of anilines is 2. The Hall–Kier alpha value is -1.53. The van der Waals surface area contributed by atoms with Crippen molar-refractivity contribution in [1.82, 2.24) is 19.1 Å². The van der Waals surface area contributed by atoms with Crippen LogP contribution in [0.15, 0.2) is 34.1 Å². The molecule has 0 amide bonds. The third-order valence-electron chi connectivity index (χ3n) is 10.2. The zero-order chi connectivity index (χ0) is 38.5. The highest BCUT2D eigenvalue weighted by Crippen LogP contribution is 2.58. The molecule has 21 heteroatoms. The molecule has 16 nitrogen and oxygen atoms in total. The van der Waals surface area contributed by atoms with Crippen LogP contribution in [0.2, 0.25) is 36.3 Å². The van der Waals surface area contributed by atoms with E-state index in [1.54, 1.807) is 0 Å². The van der Waals surface area contributed by atoms with Crippen LogP contribution in [0.3, 0.4) is 0 Å². The van der Waals surface area contributed by atoms with Crippen LogP contribution in [-0.4, -0.2) is 95.8 Å². The molecule has 4 heterocycles. The maximum Gasteiger partial charge on any atom is 0.351 e. The van der Waals surface area contributed by atoms with E-state index >= 15 is 0 Å². The number of nitrogens with two attached hydrogens (primary N) is 2. The van der Waals surface area contributed by atoms with E-state index in [9.17, 15) is 19.8 Å². The van der Waals surface area contributed by atoms with Crippen LogP contribution in [-0.2, 0) is 39.2 Å². The predicted molar refractivity (Wildman–Crippen MR) is 205 cm³/mol. The number of ether oxygens (including phenoxy) is 2. The third-order valence-corrected chi connectivity index (χ3v) is 21.3. The molecule has 0 bridgehead atoms. The van der Waals surface area contributed by atoms with Gasteiger partial charge in [-0.2, -0.15) is 9.97 Å². The standard InChI is InChI=1S/C30H53N6O10PS2Si2/c1-29(2,3)50(7,8)45-23-21(38)18(43-25(23)35-13-11-19(31)33-27(35)39)16-41-47(48,49)44-22-17(15-37)42-26(36-14-12-20(32)34-28(36)40)24(22)46-51(9,10)30(4,5)6/h11-14,17-18,21-26,37-38H,15-16H2,1-10H3,(H,48,49)(H2,31,33,39)(H2,32,34,40). The number of thiol groups is 1. The molecule has 2 fully saturated rings. The number of nitrogen functional groups attached to an aromatic ring is 2. The van der Waals surface area contributed by atoms with Crippen molar-refractivity contribution in [1.29, 1.82) is 0 Å². The molecular weight excluding hydrogens is 756 g/mol. The van der Waals surface area contributed by atoms with Crippen molar-refractivity contribution < 1.29 is 37.6 Å². The molecule has 9 atom stereocenters. The summed E-state index contributed by atoms with van der Waals surface area (Å²) in [6.07, 6.45) is -5.41. The topological polar surface area (TPSA) is 218 Å². The summed E-state index contributed by atoms with van der Waals surface area (Å²) >= 11 is 10.4. The Balaban J connectivity index is 1.61. The summed E-state index contributed by atoms with van der Waals surface area (Å²) in [4.78, 5) is 33.5. The Kier molecular flexibility index (Phi) is 12.7. The molecular formula is C30H53N6O10PS2Si2. The van der Waals surface area contributed by atoms with Gasteiger partial charge in [-0.15, -0.1) is 0 Å². The molecule has 0 spiro atoms. The third kappa shape index (κ3) is 9.41. The van der Waals surface area contributed by atoms with Crippen LogP contribution in [0.1, 0.15) is 54.0 Å². The second-order valence-corrected chi connectivity index (χ2v) is 30.7. The molecule has 51 heavy (non-hydrogen) atoms. The van der Waals surface area contributed by atoms with Gasteiger partial charge in [0.25, 0.3) is 0 Å². The number of nitrogens with zero attached hydrogens (tertiary/aromatic N) is 4. The minimum Gasteiger partial charge on any atom is -0.407 e. The fourth-order valence-electron chi connectivity index (χ4n) is 5.16. The summed E-state index contributed by atoms with van der Waals surface area (Å²) in [5.74, 6) is 0.0760. The van der Waals surface area contributed by atoms with Crippen LogP contribution >= 0.6 is 17.9 Å². The highest BCUT2D eigenvalue weighted by atomic mass is 32.9. The first kappa shape index (κ1) is 42.2. The van der Waals surface area contributed by atoms with E-state index in [-0.39, 0.29) is 28.3 Å². The molecule has 288 valence electrons. The molecule has 0 aliphatic carbocycles. The van der Waals surface area contributed by atoms with Gasteiger partial charge in [-0.3, -0.25) is 9.13 Å². The van der Waals surface area contributed by atoms with Crippen LogP contribution in [0.25, 0.3) is 0 Å². The van der Waals surface area contributed by atoms with Crippen molar-refractivity contribution in [3.63, 3.8) is 0 Å². The normalized spacial score (nSPS) is 29.0. The van der Waals surface area contributed by atoms with E-state index in [0.29, 0.717) is 0 Å². The summed E-state index contributed by atoms with van der Waals surface area (Å²) in [5.41, 5.74) is 6.61. The van der Waals surface area contributed by atoms with Crippen LogP contribution in [0, 0.1) is 0 Å². The van der Waals surface area contributed by atoms with Gasteiger partial charge in [0.05, 0.1) is 13.2 Å². The second kappa shape index (κ2) is 15.3. The average Bonchev–Trinajstić information content (AvgIpc) is 3.46. The Morgan fingerprint density at radius 2 is 1.29 bits per heavy atom. The van der Waals surface area contributed by atoms with Crippen LogP contribution < -0.4 is 22.8 Å². The van der Waals surface area contributed by atoms with Gasteiger partial charge in [-0.05, 0) is 60.2 Å². The van der Waals surface area contributed by atoms with Gasteiger partial charge >= 0.3 is 11.4 Å². The largest absolute Gasteiger partial charge is 0.407 e. The first-order chi connectivity index (χ1) is 23.3. The summed E-state index contributed by atoms with van der Waals surface area (Å²) < 4.78 is 40.7. The lowest BCUT2D eigenvalue weighted by atomic mass is 10.1. The summed E-state index contributed by atoms with van der Waals surface area (Å²) in [7, 11) is -5.07. The van der Waals surface area contributed by atoms with Crippen molar-refractivity contribution in [2.75, 3.05) is 24.7 Å². The van der Waals surface area contributed by atoms with Crippen molar-refractivity contribution in [3.8, 4) is 0 Å². The lowest BCUT2D eigenvalue weighted by molar-refractivity contribution is -0.0544. The van der Waals surface area contributed by atoms with E-state index in [4.69, 9.17) is 50.6 Å². The Labute approximate surface area is 310 Å². The van der Waals surface area contributed by atoms with E-state index in [1.807, 2.05) is 26.2 Å². The number of aliphatic hydroxyl groups excluding tert-OH is 2. The molecule has 2 aromatic heterocycles. The average molecular weight is 809 g/mol. The Morgan fingerprint density at radius 3 is 1.73 bits per heavy atom. The number of aliphatic hydroxyl groups is 2. The van der Waals surface area contributed by atoms with E-state index in [1.165, 1.54) is 33.7 Å². The molecule has 6 N–H and O–H groups in total. The van der Waals surface area contributed by atoms with E-state index in [0.717, 1.165) is 0 Å². The minimum atomic E-state index is -3.52. The summed E-state index contributed by atoms with van der Waals surface area (Å²) in [5, 5.41) is 21.5. The lowest BCUT2D eigenvalue weighted by Crippen LogP contribution is -2.50. The number of aromatic nitrogens is 4.